The Kier molecular flexibility index (Phi) is 15.6. The van der Waals surface area contributed by atoms with Crippen LogP contribution in [0.5, 0.6) is 0 Å². The van der Waals surface area contributed by atoms with E-state index in [4.69, 9.17) is 0 Å². The molecule has 0 spiro atoms. The van der Waals surface area contributed by atoms with Crippen molar-refractivity contribution in [2.24, 2.45) is 5.92 Å². The van der Waals surface area contributed by atoms with Crippen LogP contribution in [0.2, 0.25) is 0 Å². The van der Waals surface area contributed by atoms with Gasteiger partial charge in [-0.1, -0.05) is 97.0 Å². The quantitative estimate of drug-likeness (QED) is 0.216. The Morgan fingerprint density at radius 1 is 0.737 bits per heavy atom. The molecule has 1 unspecified atom stereocenters. The van der Waals surface area contributed by atoms with E-state index in [-0.39, 0.29) is 0 Å². The van der Waals surface area contributed by atoms with Gasteiger partial charge in [-0.05, 0) is 18.8 Å². The molecule has 0 saturated carbocycles. The van der Waals surface area contributed by atoms with Crippen LogP contribution in [-0.4, -0.2) is 0 Å². The topological polar surface area (TPSA) is 0 Å². The lowest BCUT2D eigenvalue weighted by atomic mass is 9.96. The highest BCUT2D eigenvalue weighted by atomic mass is 14.1. The predicted octanol–water partition coefficient (Wildman–Crippen LogP) is 7.29. The summed E-state index contributed by atoms with van der Waals surface area (Å²) in [5, 5.41) is 0. The molecular formula is C19H38. The molecular weight excluding hydrogens is 228 g/mol. The van der Waals surface area contributed by atoms with E-state index in [1.54, 1.807) is 0 Å². The molecule has 0 rings (SSSR count). The van der Waals surface area contributed by atoms with Crippen molar-refractivity contribution in [2.45, 2.75) is 104 Å². The normalized spacial score (nSPS) is 12.5. The summed E-state index contributed by atoms with van der Waals surface area (Å²) in [6.07, 6.45) is 21.9. The summed E-state index contributed by atoms with van der Waals surface area (Å²) >= 11 is 0. The molecule has 0 aliphatic carbocycles. The molecule has 1 atom stereocenters. The summed E-state index contributed by atoms with van der Waals surface area (Å²) in [6, 6.07) is 0. The van der Waals surface area contributed by atoms with Crippen molar-refractivity contribution in [3.63, 3.8) is 0 Å². The first kappa shape index (κ1) is 18.7. The van der Waals surface area contributed by atoms with Gasteiger partial charge in [0.25, 0.3) is 0 Å². The molecule has 114 valence electrons. The van der Waals surface area contributed by atoms with Crippen molar-refractivity contribution in [3.8, 4) is 0 Å². The average molecular weight is 267 g/mol. The van der Waals surface area contributed by atoms with Gasteiger partial charge in [-0.3, -0.25) is 0 Å². The zero-order chi connectivity index (χ0) is 14.2. The van der Waals surface area contributed by atoms with Crippen LogP contribution < -0.4 is 0 Å². The molecule has 0 radical (unpaired) electrons. The van der Waals surface area contributed by atoms with E-state index in [0.717, 1.165) is 5.92 Å². The average Bonchev–Trinajstić information content (AvgIpc) is 2.41. The Morgan fingerprint density at radius 3 is 1.74 bits per heavy atom. The van der Waals surface area contributed by atoms with Crippen LogP contribution in [0.15, 0.2) is 12.7 Å². The smallest absolute Gasteiger partial charge is 0.0353 e. The van der Waals surface area contributed by atoms with Gasteiger partial charge in [0, 0.05) is 0 Å². The van der Waals surface area contributed by atoms with E-state index in [0.29, 0.717) is 0 Å². The molecule has 0 N–H and O–H groups in total. The van der Waals surface area contributed by atoms with Crippen molar-refractivity contribution >= 4 is 0 Å². The Labute approximate surface area is 123 Å². The molecule has 0 aromatic rings. The van der Waals surface area contributed by atoms with E-state index in [1.807, 2.05) is 6.08 Å². The first-order chi connectivity index (χ1) is 9.31. The summed E-state index contributed by atoms with van der Waals surface area (Å²) in [5.74, 6) is 0.925. The van der Waals surface area contributed by atoms with E-state index in [1.165, 1.54) is 89.9 Å². The summed E-state index contributed by atoms with van der Waals surface area (Å²) in [6.45, 7) is 8.49. The second kappa shape index (κ2) is 15.8. The van der Waals surface area contributed by atoms with Crippen molar-refractivity contribution in [1.82, 2.24) is 0 Å². The number of unbranched alkanes of at least 4 members (excludes halogenated alkanes) is 10. The van der Waals surface area contributed by atoms with Crippen molar-refractivity contribution in [2.75, 3.05) is 0 Å². The molecule has 0 amide bonds. The molecule has 0 bridgehead atoms. The first-order valence-corrected chi connectivity index (χ1v) is 8.92. The van der Waals surface area contributed by atoms with Crippen LogP contribution in [0.1, 0.15) is 104 Å². The van der Waals surface area contributed by atoms with Crippen LogP contribution in [-0.2, 0) is 0 Å². The van der Waals surface area contributed by atoms with Gasteiger partial charge in [0.2, 0.25) is 0 Å². The molecule has 0 heteroatoms. The monoisotopic (exact) mass is 266 g/mol. The minimum absolute atomic E-state index is 0.925. The molecule has 0 aromatic carbocycles. The Bertz CT molecular complexity index is 171. The Balaban J connectivity index is 3.07. The number of rotatable bonds is 15. The van der Waals surface area contributed by atoms with Gasteiger partial charge in [-0.25, -0.2) is 0 Å². The molecule has 0 nitrogen and oxygen atoms in total. The highest BCUT2D eigenvalue weighted by molar-refractivity contribution is 4.66. The number of allylic oxidation sites excluding steroid dienone is 1. The van der Waals surface area contributed by atoms with Crippen LogP contribution in [0.3, 0.4) is 0 Å². The Hall–Kier alpha value is -0.260. The van der Waals surface area contributed by atoms with Crippen LogP contribution in [0.25, 0.3) is 0 Å². The molecule has 0 heterocycles. The van der Waals surface area contributed by atoms with E-state index in [9.17, 15) is 0 Å². The number of hydrogen-bond donors (Lipinski definition) is 0. The maximum Gasteiger partial charge on any atom is -0.0353 e. The van der Waals surface area contributed by atoms with Gasteiger partial charge in [0.15, 0.2) is 0 Å². The first-order valence-electron chi connectivity index (χ1n) is 8.92. The maximum atomic E-state index is 3.78. The van der Waals surface area contributed by atoms with Crippen molar-refractivity contribution < 1.29 is 0 Å². The van der Waals surface area contributed by atoms with Crippen molar-refractivity contribution in [3.05, 3.63) is 12.7 Å². The van der Waals surface area contributed by atoms with E-state index in [2.05, 4.69) is 20.4 Å². The summed E-state index contributed by atoms with van der Waals surface area (Å²) in [7, 11) is 0. The zero-order valence-corrected chi connectivity index (χ0v) is 13.8. The summed E-state index contributed by atoms with van der Waals surface area (Å²) < 4.78 is 0. The Morgan fingerprint density at radius 2 is 1.21 bits per heavy atom. The van der Waals surface area contributed by atoms with Crippen molar-refractivity contribution in [1.29, 1.82) is 0 Å². The lowest BCUT2D eigenvalue weighted by Crippen LogP contribution is -1.94. The fourth-order valence-electron chi connectivity index (χ4n) is 2.74. The van der Waals surface area contributed by atoms with Gasteiger partial charge in [-0.15, -0.1) is 6.58 Å². The lowest BCUT2D eigenvalue weighted by molar-refractivity contribution is 0.444. The highest BCUT2D eigenvalue weighted by Crippen LogP contribution is 2.17. The minimum atomic E-state index is 0.925. The number of hydrogen-bond acceptors (Lipinski definition) is 0. The van der Waals surface area contributed by atoms with Gasteiger partial charge in [0.1, 0.15) is 0 Å². The molecule has 0 aliphatic heterocycles. The second-order valence-corrected chi connectivity index (χ2v) is 6.30. The lowest BCUT2D eigenvalue weighted by Gasteiger charge is -2.10. The molecule has 0 aromatic heterocycles. The molecule has 19 heavy (non-hydrogen) atoms. The minimum Gasteiger partial charge on any atom is -0.103 e. The van der Waals surface area contributed by atoms with Crippen LogP contribution in [0.4, 0.5) is 0 Å². The third kappa shape index (κ3) is 15.7. The zero-order valence-electron chi connectivity index (χ0n) is 13.8. The predicted molar refractivity (Wildman–Crippen MR) is 89.7 cm³/mol. The molecule has 0 saturated heterocycles. The van der Waals surface area contributed by atoms with Crippen LogP contribution >= 0.6 is 0 Å². The van der Waals surface area contributed by atoms with Gasteiger partial charge in [-0.2, -0.15) is 0 Å². The van der Waals surface area contributed by atoms with Gasteiger partial charge < -0.3 is 0 Å². The largest absolute Gasteiger partial charge is 0.103 e. The van der Waals surface area contributed by atoms with Gasteiger partial charge in [0.05, 0.1) is 0 Å². The van der Waals surface area contributed by atoms with E-state index >= 15 is 0 Å². The summed E-state index contributed by atoms with van der Waals surface area (Å²) in [4.78, 5) is 0. The fraction of sp³-hybridized carbons (Fsp3) is 0.895. The molecule has 0 fully saturated rings. The third-order valence-electron chi connectivity index (χ3n) is 4.16. The summed E-state index contributed by atoms with van der Waals surface area (Å²) in [5.41, 5.74) is 0. The SMILES string of the molecule is C=CCCCC(C)CCCCCCCCCCCC. The highest BCUT2D eigenvalue weighted by Gasteiger charge is 2.01. The standard InChI is InChI=1S/C19H38/c1-4-6-8-9-10-11-12-13-14-16-18-19(3)17-15-7-5-2/h5,19H,2,4,6-18H2,1,3H3. The van der Waals surface area contributed by atoms with Gasteiger partial charge >= 0.3 is 0 Å². The maximum absolute atomic E-state index is 3.78. The second-order valence-electron chi connectivity index (χ2n) is 6.30. The third-order valence-corrected chi connectivity index (χ3v) is 4.16. The fourth-order valence-corrected chi connectivity index (χ4v) is 2.74. The van der Waals surface area contributed by atoms with E-state index < -0.39 is 0 Å². The molecule has 0 aliphatic rings. The van der Waals surface area contributed by atoms with Crippen LogP contribution in [0, 0.1) is 5.92 Å².